The van der Waals surface area contributed by atoms with E-state index in [1.54, 1.807) is 0 Å². The molecule has 1 aliphatic heterocycles. The molecule has 0 N–H and O–H groups in total. The first-order valence-corrected chi connectivity index (χ1v) is 9.41. The van der Waals surface area contributed by atoms with Gasteiger partial charge in [-0.15, -0.1) is 0 Å². The van der Waals surface area contributed by atoms with Crippen molar-refractivity contribution in [1.82, 2.24) is 9.21 Å². The summed E-state index contributed by atoms with van der Waals surface area (Å²) >= 11 is 0. The summed E-state index contributed by atoms with van der Waals surface area (Å²) in [6.07, 6.45) is 2.48. The van der Waals surface area contributed by atoms with E-state index in [9.17, 15) is 13.2 Å². The molecule has 0 radical (unpaired) electrons. The first-order chi connectivity index (χ1) is 10.9. The number of piperidine rings is 1. The van der Waals surface area contributed by atoms with E-state index in [-0.39, 0.29) is 24.9 Å². The molecule has 1 aromatic rings. The van der Waals surface area contributed by atoms with Gasteiger partial charge in [0.1, 0.15) is 6.54 Å². The Balaban J connectivity index is 2.10. The van der Waals surface area contributed by atoms with Crippen molar-refractivity contribution in [2.45, 2.75) is 19.4 Å². The standard InChI is InChI=1S/C16H21N3O3S/c1-23(21,22)19-10-5-8-15(13-19)16(20)18(11-9-17)12-14-6-3-2-4-7-14/h2-4,6-7,15H,5,8,10-13H2,1H3/t15-/m0/s1. The van der Waals surface area contributed by atoms with Gasteiger partial charge in [-0.25, -0.2) is 12.7 Å². The van der Waals surface area contributed by atoms with Gasteiger partial charge in [-0.1, -0.05) is 30.3 Å². The van der Waals surface area contributed by atoms with Crippen LogP contribution in [0.5, 0.6) is 0 Å². The van der Waals surface area contributed by atoms with Gasteiger partial charge in [-0.05, 0) is 18.4 Å². The molecule has 1 aliphatic rings. The zero-order valence-corrected chi connectivity index (χ0v) is 14.0. The van der Waals surface area contributed by atoms with Gasteiger partial charge in [0, 0.05) is 19.6 Å². The van der Waals surface area contributed by atoms with Crippen LogP contribution in [-0.4, -0.2) is 49.4 Å². The number of benzene rings is 1. The quantitative estimate of drug-likeness (QED) is 0.758. The summed E-state index contributed by atoms with van der Waals surface area (Å²) in [5.74, 6) is -0.528. The summed E-state index contributed by atoms with van der Waals surface area (Å²) in [5.41, 5.74) is 0.951. The SMILES string of the molecule is CS(=O)(=O)N1CCC[C@H](C(=O)N(CC#N)Cc2ccccc2)C1. The van der Waals surface area contributed by atoms with E-state index in [4.69, 9.17) is 5.26 Å². The number of hydrogen-bond donors (Lipinski definition) is 0. The Kier molecular flexibility index (Phi) is 5.74. The van der Waals surface area contributed by atoms with Gasteiger partial charge >= 0.3 is 0 Å². The predicted octanol–water partition coefficient (Wildman–Crippen LogP) is 1.21. The normalized spacial score (nSPS) is 19.0. The van der Waals surface area contributed by atoms with Gasteiger partial charge in [-0.3, -0.25) is 4.79 Å². The molecule has 1 saturated heterocycles. The number of sulfonamides is 1. The number of amides is 1. The number of rotatable bonds is 5. The van der Waals surface area contributed by atoms with Crippen LogP contribution in [0.1, 0.15) is 18.4 Å². The average Bonchev–Trinajstić information content (AvgIpc) is 2.54. The van der Waals surface area contributed by atoms with Crippen molar-refractivity contribution in [2.24, 2.45) is 5.92 Å². The molecule has 0 bridgehead atoms. The number of nitrogens with zero attached hydrogens (tertiary/aromatic N) is 3. The summed E-state index contributed by atoms with van der Waals surface area (Å²) in [6, 6.07) is 11.5. The second-order valence-corrected chi connectivity index (χ2v) is 7.78. The first kappa shape index (κ1) is 17.4. The fourth-order valence-electron chi connectivity index (χ4n) is 2.80. The van der Waals surface area contributed by atoms with Crippen LogP contribution in [0.3, 0.4) is 0 Å². The maximum absolute atomic E-state index is 12.7. The molecule has 0 aliphatic carbocycles. The topological polar surface area (TPSA) is 81.5 Å². The molecule has 6 nitrogen and oxygen atoms in total. The van der Waals surface area contributed by atoms with Gasteiger partial charge in [0.25, 0.3) is 0 Å². The Morgan fingerprint density at radius 3 is 2.70 bits per heavy atom. The van der Waals surface area contributed by atoms with Gasteiger partial charge < -0.3 is 4.90 Å². The van der Waals surface area contributed by atoms with Crippen molar-refractivity contribution >= 4 is 15.9 Å². The number of carbonyl (C=O) groups is 1. The number of carbonyl (C=O) groups excluding carboxylic acids is 1. The molecule has 0 aromatic heterocycles. The third-order valence-corrected chi connectivity index (χ3v) is 5.26. The number of nitriles is 1. The lowest BCUT2D eigenvalue weighted by molar-refractivity contribution is -0.136. The highest BCUT2D eigenvalue weighted by Crippen LogP contribution is 2.21. The Morgan fingerprint density at radius 1 is 1.39 bits per heavy atom. The van der Waals surface area contributed by atoms with E-state index < -0.39 is 10.0 Å². The molecule has 1 amide bonds. The summed E-state index contributed by atoms with van der Waals surface area (Å²) in [6.45, 7) is 1.03. The molecule has 23 heavy (non-hydrogen) atoms. The van der Waals surface area contributed by atoms with Crippen LogP contribution in [0.15, 0.2) is 30.3 Å². The average molecular weight is 335 g/mol. The Morgan fingerprint density at radius 2 is 2.09 bits per heavy atom. The zero-order chi connectivity index (χ0) is 16.9. The van der Waals surface area contributed by atoms with Crippen molar-refractivity contribution in [3.63, 3.8) is 0 Å². The summed E-state index contributed by atoms with van der Waals surface area (Å²) in [4.78, 5) is 14.2. The molecular weight excluding hydrogens is 314 g/mol. The molecule has 1 fully saturated rings. The van der Waals surface area contributed by atoms with Crippen LogP contribution in [0.25, 0.3) is 0 Å². The van der Waals surface area contributed by atoms with Crippen LogP contribution in [0, 0.1) is 17.2 Å². The lowest BCUT2D eigenvalue weighted by atomic mass is 9.97. The molecule has 124 valence electrons. The Hall–Kier alpha value is -1.91. The van der Waals surface area contributed by atoms with Crippen molar-refractivity contribution in [2.75, 3.05) is 25.9 Å². The van der Waals surface area contributed by atoms with Crippen LogP contribution in [0.2, 0.25) is 0 Å². The smallest absolute Gasteiger partial charge is 0.228 e. The zero-order valence-electron chi connectivity index (χ0n) is 13.2. The third kappa shape index (κ3) is 4.78. The molecule has 1 aromatic carbocycles. The Labute approximate surface area is 137 Å². The fraction of sp³-hybridized carbons (Fsp3) is 0.500. The van der Waals surface area contributed by atoms with Gasteiger partial charge in [-0.2, -0.15) is 5.26 Å². The van der Waals surface area contributed by atoms with Crippen molar-refractivity contribution in [1.29, 1.82) is 5.26 Å². The molecular formula is C16H21N3O3S. The summed E-state index contributed by atoms with van der Waals surface area (Å²) in [7, 11) is -3.29. The summed E-state index contributed by atoms with van der Waals surface area (Å²) < 4.78 is 24.7. The van der Waals surface area contributed by atoms with E-state index in [0.717, 1.165) is 11.8 Å². The lowest BCUT2D eigenvalue weighted by Crippen LogP contribution is -2.46. The number of hydrogen-bond acceptors (Lipinski definition) is 4. The molecule has 7 heteroatoms. The van der Waals surface area contributed by atoms with E-state index >= 15 is 0 Å². The molecule has 0 saturated carbocycles. The largest absolute Gasteiger partial charge is 0.325 e. The van der Waals surface area contributed by atoms with E-state index in [0.29, 0.717) is 25.9 Å². The molecule has 1 atom stereocenters. The predicted molar refractivity (Wildman–Crippen MR) is 86.6 cm³/mol. The highest BCUT2D eigenvalue weighted by molar-refractivity contribution is 7.88. The van der Waals surface area contributed by atoms with E-state index in [1.807, 2.05) is 36.4 Å². The molecule has 0 unspecified atom stereocenters. The second-order valence-electron chi connectivity index (χ2n) is 5.80. The highest BCUT2D eigenvalue weighted by atomic mass is 32.2. The van der Waals surface area contributed by atoms with Crippen molar-refractivity contribution in [3.8, 4) is 6.07 Å². The van der Waals surface area contributed by atoms with Gasteiger partial charge in [0.2, 0.25) is 15.9 Å². The fourth-order valence-corrected chi connectivity index (χ4v) is 3.72. The molecule has 1 heterocycles. The van der Waals surface area contributed by atoms with Crippen molar-refractivity contribution < 1.29 is 13.2 Å². The van der Waals surface area contributed by atoms with Crippen LogP contribution < -0.4 is 0 Å². The molecule has 0 spiro atoms. The minimum absolute atomic E-state index is 0.00308. The minimum atomic E-state index is -3.29. The summed E-state index contributed by atoms with van der Waals surface area (Å²) in [5, 5.41) is 8.99. The van der Waals surface area contributed by atoms with Gasteiger partial charge in [0.05, 0.1) is 18.2 Å². The molecule has 2 rings (SSSR count). The van der Waals surface area contributed by atoms with Gasteiger partial charge in [0.15, 0.2) is 0 Å². The van der Waals surface area contributed by atoms with Crippen LogP contribution in [-0.2, 0) is 21.4 Å². The van der Waals surface area contributed by atoms with Crippen molar-refractivity contribution in [3.05, 3.63) is 35.9 Å². The minimum Gasteiger partial charge on any atom is -0.325 e. The maximum atomic E-state index is 12.7. The van der Waals surface area contributed by atoms with Crippen LogP contribution >= 0.6 is 0 Å². The maximum Gasteiger partial charge on any atom is 0.228 e. The first-order valence-electron chi connectivity index (χ1n) is 7.56. The lowest BCUT2D eigenvalue weighted by Gasteiger charge is -2.33. The van der Waals surface area contributed by atoms with E-state index in [1.165, 1.54) is 9.21 Å². The highest BCUT2D eigenvalue weighted by Gasteiger charge is 2.32. The third-order valence-electron chi connectivity index (χ3n) is 3.99. The van der Waals surface area contributed by atoms with Crippen LogP contribution in [0.4, 0.5) is 0 Å². The second kappa shape index (κ2) is 7.57. The Bertz CT molecular complexity index is 682. The monoisotopic (exact) mass is 335 g/mol. The van der Waals surface area contributed by atoms with E-state index in [2.05, 4.69) is 0 Å².